The summed E-state index contributed by atoms with van der Waals surface area (Å²) in [6.07, 6.45) is 5.61. The van der Waals surface area contributed by atoms with E-state index in [4.69, 9.17) is 0 Å². The summed E-state index contributed by atoms with van der Waals surface area (Å²) in [5.74, 6) is 0. The van der Waals surface area contributed by atoms with Gasteiger partial charge in [-0.05, 0) is 29.5 Å². The van der Waals surface area contributed by atoms with Crippen molar-refractivity contribution >= 4 is 11.9 Å². The molecule has 0 fully saturated rings. The first-order chi connectivity index (χ1) is 7.95. The highest BCUT2D eigenvalue weighted by atomic mass is 14.7. The number of hydrogen-bond donors (Lipinski definition) is 0. The van der Waals surface area contributed by atoms with Crippen LogP contribution in [0.25, 0.3) is 5.70 Å². The summed E-state index contributed by atoms with van der Waals surface area (Å²) in [5, 5.41) is 0. The maximum atomic E-state index is 4.27. The Balaban J connectivity index is 2.85. The van der Waals surface area contributed by atoms with Crippen molar-refractivity contribution in [2.75, 3.05) is 0 Å². The highest BCUT2D eigenvalue weighted by Gasteiger charge is 2.12. The molecule has 1 heteroatoms. The van der Waals surface area contributed by atoms with E-state index >= 15 is 0 Å². The van der Waals surface area contributed by atoms with Gasteiger partial charge in [-0.2, -0.15) is 0 Å². The Hall–Kier alpha value is -1.63. The molecule has 0 aliphatic heterocycles. The number of rotatable bonds is 3. The second-order valence-electron chi connectivity index (χ2n) is 5.08. The Morgan fingerprint density at radius 1 is 1.18 bits per heavy atom. The van der Waals surface area contributed by atoms with Gasteiger partial charge in [0.1, 0.15) is 0 Å². The van der Waals surface area contributed by atoms with E-state index in [0.29, 0.717) is 0 Å². The molecule has 0 aromatic heterocycles. The van der Waals surface area contributed by atoms with Gasteiger partial charge in [0.15, 0.2) is 0 Å². The van der Waals surface area contributed by atoms with Crippen molar-refractivity contribution in [2.45, 2.75) is 33.1 Å². The molecule has 1 rings (SSSR count). The fourth-order valence-electron chi connectivity index (χ4n) is 1.46. The minimum absolute atomic E-state index is 0.189. The predicted molar refractivity (Wildman–Crippen MR) is 77.5 cm³/mol. The van der Waals surface area contributed by atoms with Crippen LogP contribution in [0.1, 0.15) is 38.8 Å². The Morgan fingerprint density at radius 2 is 1.76 bits per heavy atom. The Bertz CT molecular complexity index is 428. The number of allylic oxidation sites excluding steroid dienone is 2. The summed E-state index contributed by atoms with van der Waals surface area (Å²) in [6.45, 7) is 12.6. The van der Waals surface area contributed by atoms with Crippen LogP contribution in [0.2, 0.25) is 0 Å². The van der Waals surface area contributed by atoms with E-state index in [1.807, 2.05) is 19.1 Å². The van der Waals surface area contributed by atoms with Gasteiger partial charge < -0.3 is 0 Å². The van der Waals surface area contributed by atoms with Crippen LogP contribution in [0.5, 0.6) is 0 Å². The fraction of sp³-hybridized carbons (Fsp3) is 0.312. The maximum absolute atomic E-state index is 4.27. The zero-order chi connectivity index (χ0) is 12.9. The molecule has 0 heterocycles. The first kappa shape index (κ1) is 13.4. The summed E-state index contributed by atoms with van der Waals surface area (Å²) in [5.41, 5.74) is 3.38. The zero-order valence-electron chi connectivity index (χ0n) is 11.2. The highest BCUT2D eigenvalue weighted by molar-refractivity contribution is 5.79. The molecule has 0 atom stereocenters. The average Bonchev–Trinajstić information content (AvgIpc) is 2.28. The number of aliphatic imine (C=N–C) groups is 1. The smallest absolute Gasteiger partial charge is 0.0630 e. The molecule has 0 saturated heterocycles. The van der Waals surface area contributed by atoms with Gasteiger partial charge in [0.25, 0.3) is 0 Å². The van der Waals surface area contributed by atoms with Crippen LogP contribution >= 0.6 is 0 Å². The molecule has 17 heavy (non-hydrogen) atoms. The van der Waals surface area contributed by atoms with Crippen LogP contribution in [0.4, 0.5) is 0 Å². The van der Waals surface area contributed by atoms with Gasteiger partial charge in [0.2, 0.25) is 0 Å². The zero-order valence-corrected chi connectivity index (χ0v) is 11.2. The van der Waals surface area contributed by atoms with Crippen molar-refractivity contribution < 1.29 is 0 Å². The lowest BCUT2D eigenvalue weighted by molar-refractivity contribution is 0.590. The lowest BCUT2D eigenvalue weighted by Gasteiger charge is -2.19. The van der Waals surface area contributed by atoms with Crippen molar-refractivity contribution in [1.29, 1.82) is 0 Å². The molecule has 0 unspecified atom stereocenters. The third-order valence-electron chi connectivity index (χ3n) is 2.59. The number of hydrogen-bond acceptors (Lipinski definition) is 1. The molecule has 90 valence electrons. The lowest BCUT2D eigenvalue weighted by atomic mass is 9.86. The van der Waals surface area contributed by atoms with Gasteiger partial charge in [-0.25, -0.2) is 0 Å². The normalized spacial score (nSPS) is 12.5. The van der Waals surface area contributed by atoms with Crippen molar-refractivity contribution in [3.05, 3.63) is 54.1 Å². The molecule has 0 N–H and O–H groups in total. The van der Waals surface area contributed by atoms with Gasteiger partial charge >= 0.3 is 0 Å². The maximum Gasteiger partial charge on any atom is 0.0630 e. The molecular weight excluding hydrogens is 206 g/mol. The Kier molecular flexibility index (Phi) is 4.45. The van der Waals surface area contributed by atoms with Crippen molar-refractivity contribution in [3.63, 3.8) is 0 Å². The summed E-state index contributed by atoms with van der Waals surface area (Å²) in [7, 11) is 0. The molecule has 0 amide bonds. The largest absolute Gasteiger partial charge is 0.257 e. The van der Waals surface area contributed by atoms with E-state index < -0.39 is 0 Å². The van der Waals surface area contributed by atoms with E-state index in [1.54, 1.807) is 6.21 Å². The van der Waals surface area contributed by atoms with Crippen molar-refractivity contribution in [2.24, 2.45) is 4.99 Å². The van der Waals surface area contributed by atoms with Crippen LogP contribution in [0.15, 0.2) is 48.0 Å². The number of benzene rings is 1. The highest BCUT2D eigenvalue weighted by Crippen LogP contribution is 2.24. The fourth-order valence-corrected chi connectivity index (χ4v) is 1.46. The van der Waals surface area contributed by atoms with Gasteiger partial charge in [-0.1, -0.05) is 57.7 Å². The molecule has 1 aromatic rings. The van der Waals surface area contributed by atoms with Gasteiger partial charge in [-0.15, -0.1) is 0 Å². The summed E-state index contributed by atoms with van der Waals surface area (Å²) in [4.78, 5) is 4.27. The first-order valence-corrected chi connectivity index (χ1v) is 5.90. The quantitative estimate of drug-likeness (QED) is 0.669. The van der Waals surface area contributed by atoms with Crippen LogP contribution < -0.4 is 0 Å². The first-order valence-electron chi connectivity index (χ1n) is 5.90. The number of nitrogens with zero attached hydrogens (tertiary/aromatic N) is 1. The molecule has 0 aliphatic rings. The van der Waals surface area contributed by atoms with Crippen LogP contribution in [0, 0.1) is 0 Å². The molecule has 1 nitrogen and oxygen atoms in total. The van der Waals surface area contributed by atoms with Gasteiger partial charge in [-0.3, -0.25) is 4.99 Å². The van der Waals surface area contributed by atoms with E-state index in [9.17, 15) is 0 Å². The summed E-state index contributed by atoms with van der Waals surface area (Å²) < 4.78 is 0. The third-order valence-corrected chi connectivity index (χ3v) is 2.59. The van der Waals surface area contributed by atoms with Crippen molar-refractivity contribution in [3.8, 4) is 0 Å². The minimum atomic E-state index is 0.189. The van der Waals surface area contributed by atoms with E-state index in [2.05, 4.69) is 56.6 Å². The standard InChI is InChI=1S/C16H21N/c1-6-7-12-17-13(2)14-8-10-15(11-9-14)16(3,4)5/h6-12H,2H2,1,3-5H3/b7-6-,17-12?. The molecule has 0 spiro atoms. The van der Waals surface area contributed by atoms with Crippen molar-refractivity contribution in [1.82, 2.24) is 0 Å². The summed E-state index contributed by atoms with van der Waals surface area (Å²) >= 11 is 0. The topological polar surface area (TPSA) is 12.4 Å². The van der Waals surface area contributed by atoms with Gasteiger partial charge in [0.05, 0.1) is 5.70 Å². The molecule has 0 aliphatic carbocycles. The SMILES string of the molecule is C=C(N=C/C=C\C)c1ccc(C(C)(C)C)cc1. The monoisotopic (exact) mass is 227 g/mol. The summed E-state index contributed by atoms with van der Waals surface area (Å²) in [6, 6.07) is 8.45. The molecule has 0 radical (unpaired) electrons. The second-order valence-corrected chi connectivity index (χ2v) is 5.08. The van der Waals surface area contributed by atoms with E-state index in [-0.39, 0.29) is 5.41 Å². The predicted octanol–water partition coefficient (Wildman–Crippen LogP) is 4.60. The lowest BCUT2D eigenvalue weighted by Crippen LogP contribution is -2.10. The third kappa shape index (κ3) is 4.03. The van der Waals surface area contributed by atoms with Crippen LogP contribution in [-0.4, -0.2) is 6.21 Å². The van der Waals surface area contributed by atoms with E-state index in [0.717, 1.165) is 11.3 Å². The van der Waals surface area contributed by atoms with E-state index in [1.165, 1.54) is 5.56 Å². The Morgan fingerprint density at radius 3 is 2.24 bits per heavy atom. The second kappa shape index (κ2) is 5.62. The Labute approximate surface area is 105 Å². The van der Waals surface area contributed by atoms with Gasteiger partial charge in [0, 0.05) is 6.21 Å². The molecular formula is C16H21N. The van der Waals surface area contributed by atoms with Crippen LogP contribution in [0.3, 0.4) is 0 Å². The average molecular weight is 227 g/mol. The minimum Gasteiger partial charge on any atom is -0.257 e. The van der Waals surface area contributed by atoms with Crippen LogP contribution in [-0.2, 0) is 5.41 Å². The molecule has 0 bridgehead atoms. The molecule has 0 saturated carbocycles. The molecule has 1 aromatic carbocycles.